The zero-order valence-corrected chi connectivity index (χ0v) is 16.6. The van der Waals surface area contributed by atoms with Crippen molar-refractivity contribution in [1.82, 2.24) is 4.90 Å². The zero-order chi connectivity index (χ0) is 21.2. The summed E-state index contributed by atoms with van der Waals surface area (Å²) in [6.07, 6.45) is 0. The Morgan fingerprint density at radius 3 is 2.28 bits per heavy atom. The molecule has 0 radical (unpaired) electrons. The minimum absolute atomic E-state index is 0.113. The van der Waals surface area contributed by atoms with Gasteiger partial charge in [-0.05, 0) is 37.3 Å². The molecule has 29 heavy (non-hydrogen) atoms. The van der Waals surface area contributed by atoms with Crippen molar-refractivity contribution < 1.29 is 28.6 Å². The minimum atomic E-state index is -0.466. The molecule has 1 N–H and O–H groups in total. The molecule has 2 rings (SSSR count). The number of carbonyl (C=O) groups is 3. The van der Waals surface area contributed by atoms with E-state index in [1.165, 1.54) is 4.90 Å². The second-order valence-electron chi connectivity index (χ2n) is 6.18. The zero-order valence-electron chi connectivity index (χ0n) is 16.6. The molecule has 8 heteroatoms. The molecule has 0 spiro atoms. The molecular weight excluding hydrogens is 376 g/mol. The lowest BCUT2D eigenvalue weighted by Gasteiger charge is -2.12. The van der Waals surface area contributed by atoms with Gasteiger partial charge in [-0.3, -0.25) is 9.59 Å². The molecule has 0 saturated heterocycles. The van der Waals surface area contributed by atoms with Gasteiger partial charge in [0.2, 0.25) is 0 Å². The van der Waals surface area contributed by atoms with Crippen LogP contribution in [0.25, 0.3) is 0 Å². The van der Waals surface area contributed by atoms with E-state index in [0.717, 1.165) is 0 Å². The van der Waals surface area contributed by atoms with Crippen LogP contribution in [0.2, 0.25) is 0 Å². The third-order valence-corrected chi connectivity index (χ3v) is 3.71. The van der Waals surface area contributed by atoms with Crippen LogP contribution in [0.15, 0.2) is 48.5 Å². The summed E-state index contributed by atoms with van der Waals surface area (Å²) in [4.78, 5) is 36.9. The number of benzene rings is 2. The van der Waals surface area contributed by atoms with Gasteiger partial charge in [0.05, 0.1) is 6.61 Å². The molecule has 8 nitrogen and oxygen atoms in total. The Morgan fingerprint density at radius 2 is 1.59 bits per heavy atom. The molecule has 0 aliphatic heterocycles. The van der Waals surface area contributed by atoms with E-state index in [2.05, 4.69) is 5.32 Å². The van der Waals surface area contributed by atoms with Gasteiger partial charge in [0, 0.05) is 31.4 Å². The molecule has 0 aliphatic carbocycles. The Morgan fingerprint density at radius 1 is 0.931 bits per heavy atom. The SMILES string of the molecule is CCOC(=O)COc1cccc(NC(=O)c2cccc(OCC(=O)N(C)C)c2)c1. The first-order valence-electron chi connectivity index (χ1n) is 9.02. The van der Waals surface area contributed by atoms with Crippen LogP contribution in [0.5, 0.6) is 11.5 Å². The van der Waals surface area contributed by atoms with Gasteiger partial charge >= 0.3 is 5.97 Å². The van der Waals surface area contributed by atoms with E-state index in [-0.39, 0.29) is 31.6 Å². The smallest absolute Gasteiger partial charge is 0.344 e. The number of nitrogens with one attached hydrogen (secondary N) is 1. The normalized spacial score (nSPS) is 10.0. The highest BCUT2D eigenvalue weighted by Gasteiger charge is 2.10. The molecule has 154 valence electrons. The van der Waals surface area contributed by atoms with Gasteiger partial charge in [-0.25, -0.2) is 4.79 Å². The number of rotatable bonds is 9. The largest absolute Gasteiger partial charge is 0.484 e. The van der Waals surface area contributed by atoms with Crippen molar-refractivity contribution in [1.29, 1.82) is 0 Å². The Hall–Kier alpha value is -3.55. The maximum atomic E-state index is 12.5. The summed E-state index contributed by atoms with van der Waals surface area (Å²) >= 11 is 0. The third kappa shape index (κ3) is 7.17. The second kappa shape index (κ2) is 10.7. The van der Waals surface area contributed by atoms with Crippen molar-refractivity contribution >= 4 is 23.5 Å². The molecule has 0 atom stereocenters. The van der Waals surface area contributed by atoms with Crippen LogP contribution < -0.4 is 14.8 Å². The van der Waals surface area contributed by atoms with Crippen LogP contribution >= 0.6 is 0 Å². The molecule has 0 fully saturated rings. The fourth-order valence-electron chi connectivity index (χ4n) is 2.21. The number of carbonyl (C=O) groups excluding carboxylic acids is 3. The van der Waals surface area contributed by atoms with Crippen molar-refractivity contribution in [3.05, 3.63) is 54.1 Å². The van der Waals surface area contributed by atoms with Crippen LogP contribution in [-0.2, 0) is 14.3 Å². The quantitative estimate of drug-likeness (QED) is 0.650. The van der Waals surface area contributed by atoms with Crippen molar-refractivity contribution in [2.75, 3.05) is 39.2 Å². The predicted octanol–water partition coefficient (Wildman–Crippen LogP) is 2.35. The molecule has 0 aliphatic rings. The Balaban J connectivity index is 1.97. The number of nitrogens with zero attached hydrogens (tertiary/aromatic N) is 1. The summed E-state index contributed by atoms with van der Waals surface area (Å²) in [6, 6.07) is 13.2. The van der Waals surface area contributed by atoms with E-state index in [1.807, 2.05) is 0 Å². The summed E-state index contributed by atoms with van der Waals surface area (Å²) in [7, 11) is 3.28. The van der Waals surface area contributed by atoms with Crippen molar-refractivity contribution in [2.45, 2.75) is 6.92 Å². The minimum Gasteiger partial charge on any atom is -0.484 e. The number of esters is 1. The van der Waals surface area contributed by atoms with Crippen LogP contribution in [0, 0.1) is 0 Å². The van der Waals surface area contributed by atoms with E-state index < -0.39 is 5.97 Å². The highest BCUT2D eigenvalue weighted by atomic mass is 16.6. The van der Waals surface area contributed by atoms with Crippen LogP contribution in [0.4, 0.5) is 5.69 Å². The molecule has 2 aromatic carbocycles. The lowest BCUT2D eigenvalue weighted by molar-refractivity contribution is -0.145. The first kappa shape index (κ1) is 21.7. The van der Waals surface area contributed by atoms with Gasteiger partial charge in [0.15, 0.2) is 13.2 Å². The third-order valence-electron chi connectivity index (χ3n) is 3.71. The van der Waals surface area contributed by atoms with E-state index in [0.29, 0.717) is 22.7 Å². The summed E-state index contributed by atoms with van der Waals surface area (Å²) in [6.45, 7) is 1.67. The fourth-order valence-corrected chi connectivity index (χ4v) is 2.21. The Labute approximate surface area is 169 Å². The first-order valence-corrected chi connectivity index (χ1v) is 9.02. The summed E-state index contributed by atoms with van der Waals surface area (Å²) in [5.41, 5.74) is 0.878. The van der Waals surface area contributed by atoms with Crippen molar-refractivity contribution in [3.8, 4) is 11.5 Å². The van der Waals surface area contributed by atoms with Gasteiger partial charge in [0.25, 0.3) is 11.8 Å². The molecule has 0 saturated carbocycles. The average Bonchev–Trinajstić information content (AvgIpc) is 2.71. The van der Waals surface area contributed by atoms with Gasteiger partial charge in [0.1, 0.15) is 11.5 Å². The van der Waals surface area contributed by atoms with Gasteiger partial charge in [-0.15, -0.1) is 0 Å². The number of hydrogen-bond donors (Lipinski definition) is 1. The molecule has 2 amide bonds. The highest BCUT2D eigenvalue weighted by Crippen LogP contribution is 2.19. The number of ether oxygens (including phenoxy) is 3. The summed E-state index contributed by atoms with van der Waals surface area (Å²) in [5.74, 6) is -0.155. The van der Waals surface area contributed by atoms with Crippen molar-refractivity contribution in [2.24, 2.45) is 0 Å². The monoisotopic (exact) mass is 400 g/mol. The van der Waals surface area contributed by atoms with Crippen molar-refractivity contribution in [3.63, 3.8) is 0 Å². The van der Waals surface area contributed by atoms with Gasteiger partial charge in [-0.1, -0.05) is 12.1 Å². The number of anilines is 1. The number of hydrogen-bond acceptors (Lipinski definition) is 6. The number of amides is 2. The maximum absolute atomic E-state index is 12.5. The molecule has 0 unspecified atom stereocenters. The van der Waals surface area contributed by atoms with E-state index in [1.54, 1.807) is 69.6 Å². The van der Waals surface area contributed by atoms with E-state index in [4.69, 9.17) is 14.2 Å². The summed E-state index contributed by atoms with van der Waals surface area (Å²) < 4.78 is 15.6. The standard InChI is InChI=1S/C21H24N2O6/c1-4-27-20(25)14-29-18-10-6-8-16(12-18)22-21(26)15-7-5-9-17(11-15)28-13-19(24)23(2)3/h5-12H,4,13-14H2,1-3H3,(H,22,26). The highest BCUT2D eigenvalue weighted by molar-refractivity contribution is 6.04. The molecule has 2 aromatic rings. The van der Waals surface area contributed by atoms with Gasteiger partial charge < -0.3 is 24.4 Å². The lowest BCUT2D eigenvalue weighted by Crippen LogP contribution is -2.27. The van der Waals surface area contributed by atoms with E-state index in [9.17, 15) is 14.4 Å². The first-order chi connectivity index (χ1) is 13.9. The number of likely N-dealkylation sites (N-methyl/N-ethyl adjacent to an activating group) is 1. The molecule has 0 bridgehead atoms. The fraction of sp³-hybridized carbons (Fsp3) is 0.286. The Kier molecular flexibility index (Phi) is 8.02. The maximum Gasteiger partial charge on any atom is 0.344 e. The second-order valence-corrected chi connectivity index (χ2v) is 6.18. The topological polar surface area (TPSA) is 94.2 Å². The average molecular weight is 400 g/mol. The molecular formula is C21H24N2O6. The van der Waals surface area contributed by atoms with E-state index >= 15 is 0 Å². The van der Waals surface area contributed by atoms with Gasteiger partial charge in [-0.2, -0.15) is 0 Å². The predicted molar refractivity (Wildman–Crippen MR) is 107 cm³/mol. The molecule has 0 heterocycles. The molecule has 0 aromatic heterocycles. The van der Waals surface area contributed by atoms with Crippen LogP contribution in [0.1, 0.15) is 17.3 Å². The van der Waals surface area contributed by atoms with Crippen LogP contribution in [0.3, 0.4) is 0 Å². The lowest BCUT2D eigenvalue weighted by atomic mass is 10.2. The van der Waals surface area contributed by atoms with Crippen LogP contribution in [-0.4, -0.2) is 56.6 Å². The summed E-state index contributed by atoms with van der Waals surface area (Å²) in [5, 5.41) is 2.76. The Bertz CT molecular complexity index is 866.